The van der Waals surface area contributed by atoms with Crippen LogP contribution in [0.2, 0.25) is 0 Å². The van der Waals surface area contributed by atoms with E-state index in [0.717, 1.165) is 0 Å². The summed E-state index contributed by atoms with van der Waals surface area (Å²) in [6.07, 6.45) is -1.00. The highest BCUT2D eigenvalue weighted by molar-refractivity contribution is 5.98. The molecular weight excluding hydrogens is 364 g/mol. The topological polar surface area (TPSA) is 103 Å². The summed E-state index contributed by atoms with van der Waals surface area (Å²) in [5.41, 5.74) is 1.40. The summed E-state index contributed by atoms with van der Waals surface area (Å²) in [7, 11) is 0. The van der Waals surface area contributed by atoms with Crippen molar-refractivity contribution in [3.8, 4) is 11.5 Å². The number of ether oxygens (including phenoxy) is 3. The van der Waals surface area contributed by atoms with Gasteiger partial charge in [-0.15, -0.1) is 0 Å². The molecular formula is C20H20N2O6. The largest absolute Gasteiger partial charge is 0.486 e. The van der Waals surface area contributed by atoms with Crippen LogP contribution in [0.25, 0.3) is 0 Å². The van der Waals surface area contributed by atoms with Crippen LogP contribution in [0.5, 0.6) is 11.5 Å². The zero-order chi connectivity index (χ0) is 20.1. The Kier molecular flexibility index (Phi) is 5.78. The van der Waals surface area contributed by atoms with E-state index in [1.807, 2.05) is 0 Å². The highest BCUT2D eigenvalue weighted by Gasteiger charge is 2.21. The molecule has 0 aromatic heterocycles. The minimum Gasteiger partial charge on any atom is -0.486 e. The van der Waals surface area contributed by atoms with Crippen molar-refractivity contribution in [2.75, 3.05) is 23.8 Å². The quantitative estimate of drug-likeness (QED) is 0.768. The van der Waals surface area contributed by atoms with E-state index in [9.17, 15) is 14.4 Å². The Hall–Kier alpha value is -3.55. The maximum Gasteiger partial charge on any atom is 0.339 e. The standard InChI is InChI=1S/C20H20N2O6/c1-12(19(24)22-16-6-4-15(5-7-16)21-13(2)23)28-20(25)14-3-8-17-18(11-14)27-10-9-26-17/h3-8,11-12H,9-10H2,1-2H3,(H,21,23)(H,22,24)/t12-/m1/s1. The summed E-state index contributed by atoms with van der Waals surface area (Å²) < 4.78 is 16.1. The van der Waals surface area contributed by atoms with Crippen LogP contribution in [0, 0.1) is 0 Å². The van der Waals surface area contributed by atoms with Crippen molar-refractivity contribution in [3.63, 3.8) is 0 Å². The van der Waals surface area contributed by atoms with Gasteiger partial charge in [0.15, 0.2) is 17.6 Å². The van der Waals surface area contributed by atoms with Gasteiger partial charge in [-0.25, -0.2) is 4.79 Å². The van der Waals surface area contributed by atoms with Gasteiger partial charge in [-0.1, -0.05) is 0 Å². The molecule has 8 nitrogen and oxygen atoms in total. The van der Waals surface area contributed by atoms with Crippen LogP contribution in [0.4, 0.5) is 11.4 Å². The van der Waals surface area contributed by atoms with Crippen LogP contribution in [0.3, 0.4) is 0 Å². The fourth-order valence-electron chi connectivity index (χ4n) is 2.54. The molecule has 0 saturated heterocycles. The summed E-state index contributed by atoms with van der Waals surface area (Å²) in [5.74, 6) is -0.261. The van der Waals surface area contributed by atoms with Gasteiger partial charge in [0.2, 0.25) is 5.91 Å². The first-order chi connectivity index (χ1) is 13.4. The van der Waals surface area contributed by atoms with E-state index in [4.69, 9.17) is 14.2 Å². The van der Waals surface area contributed by atoms with Gasteiger partial charge >= 0.3 is 5.97 Å². The van der Waals surface area contributed by atoms with Crippen molar-refractivity contribution in [2.24, 2.45) is 0 Å². The molecule has 3 rings (SSSR count). The molecule has 0 aliphatic carbocycles. The number of carbonyl (C=O) groups is 3. The molecule has 1 aliphatic rings. The van der Waals surface area contributed by atoms with Gasteiger partial charge in [0, 0.05) is 18.3 Å². The first-order valence-electron chi connectivity index (χ1n) is 8.71. The molecule has 0 spiro atoms. The van der Waals surface area contributed by atoms with Gasteiger partial charge < -0.3 is 24.8 Å². The van der Waals surface area contributed by atoms with Gasteiger partial charge in [0.05, 0.1) is 5.56 Å². The zero-order valence-electron chi connectivity index (χ0n) is 15.5. The predicted octanol–water partition coefficient (Wildman–Crippen LogP) is 2.60. The number of benzene rings is 2. The van der Waals surface area contributed by atoms with E-state index in [2.05, 4.69) is 10.6 Å². The number of hydrogen-bond donors (Lipinski definition) is 2. The maximum absolute atomic E-state index is 12.3. The number of carbonyl (C=O) groups excluding carboxylic acids is 3. The Balaban J connectivity index is 1.57. The van der Waals surface area contributed by atoms with Crippen molar-refractivity contribution in [1.29, 1.82) is 0 Å². The van der Waals surface area contributed by atoms with Crippen LogP contribution in [-0.2, 0) is 14.3 Å². The molecule has 0 bridgehead atoms. The molecule has 0 fully saturated rings. The summed E-state index contributed by atoms with van der Waals surface area (Å²) in [4.78, 5) is 35.6. The highest BCUT2D eigenvalue weighted by atomic mass is 16.6. The molecule has 28 heavy (non-hydrogen) atoms. The lowest BCUT2D eigenvalue weighted by molar-refractivity contribution is -0.123. The third kappa shape index (κ3) is 4.79. The Morgan fingerprint density at radius 2 is 1.54 bits per heavy atom. The molecule has 2 aromatic rings. The number of amides is 2. The maximum atomic E-state index is 12.3. The van der Waals surface area contributed by atoms with Crippen LogP contribution in [0.1, 0.15) is 24.2 Å². The van der Waals surface area contributed by atoms with E-state index in [1.54, 1.807) is 36.4 Å². The van der Waals surface area contributed by atoms with E-state index in [0.29, 0.717) is 36.1 Å². The molecule has 1 aliphatic heterocycles. The van der Waals surface area contributed by atoms with Crippen LogP contribution < -0.4 is 20.1 Å². The van der Waals surface area contributed by atoms with E-state index >= 15 is 0 Å². The molecule has 2 amide bonds. The van der Waals surface area contributed by atoms with Crippen molar-refractivity contribution in [1.82, 2.24) is 0 Å². The van der Waals surface area contributed by atoms with E-state index in [-0.39, 0.29) is 11.5 Å². The molecule has 8 heteroatoms. The average molecular weight is 384 g/mol. The van der Waals surface area contributed by atoms with Crippen molar-refractivity contribution in [2.45, 2.75) is 20.0 Å². The number of rotatable bonds is 5. The summed E-state index contributed by atoms with van der Waals surface area (Å²) in [6, 6.07) is 11.3. The molecule has 0 radical (unpaired) electrons. The minimum atomic E-state index is -1.00. The zero-order valence-corrected chi connectivity index (χ0v) is 15.5. The van der Waals surface area contributed by atoms with Crippen molar-refractivity contribution < 1.29 is 28.6 Å². The monoisotopic (exact) mass is 384 g/mol. The molecule has 2 aromatic carbocycles. The summed E-state index contributed by atoms with van der Waals surface area (Å²) >= 11 is 0. The van der Waals surface area contributed by atoms with Gasteiger partial charge in [-0.2, -0.15) is 0 Å². The normalized spacial score (nSPS) is 13.2. The lowest BCUT2D eigenvalue weighted by atomic mass is 10.2. The number of fused-ring (bicyclic) bond motifs is 1. The number of hydrogen-bond acceptors (Lipinski definition) is 6. The van der Waals surface area contributed by atoms with Crippen LogP contribution in [-0.4, -0.2) is 37.1 Å². The highest BCUT2D eigenvalue weighted by Crippen LogP contribution is 2.31. The minimum absolute atomic E-state index is 0.184. The Morgan fingerprint density at radius 3 is 2.18 bits per heavy atom. The number of nitrogens with one attached hydrogen (secondary N) is 2. The predicted molar refractivity (Wildman–Crippen MR) is 102 cm³/mol. The SMILES string of the molecule is CC(=O)Nc1ccc(NC(=O)[C@@H](C)OC(=O)c2ccc3c(c2)OCCO3)cc1. The summed E-state index contributed by atoms with van der Waals surface area (Å²) in [5, 5.41) is 5.29. The Labute approximate surface area is 161 Å². The number of esters is 1. The average Bonchev–Trinajstić information content (AvgIpc) is 2.68. The molecule has 2 N–H and O–H groups in total. The fraction of sp³-hybridized carbons (Fsp3) is 0.250. The first kappa shape index (κ1) is 19.2. The smallest absolute Gasteiger partial charge is 0.339 e. The van der Waals surface area contributed by atoms with E-state index in [1.165, 1.54) is 19.9 Å². The fourth-order valence-corrected chi connectivity index (χ4v) is 2.54. The Morgan fingerprint density at radius 1 is 0.929 bits per heavy atom. The van der Waals surface area contributed by atoms with E-state index < -0.39 is 18.0 Å². The van der Waals surface area contributed by atoms with Gasteiger partial charge in [-0.05, 0) is 49.4 Å². The molecule has 1 heterocycles. The van der Waals surface area contributed by atoms with Crippen molar-refractivity contribution >= 4 is 29.2 Å². The molecule has 0 unspecified atom stereocenters. The third-order valence-electron chi connectivity index (χ3n) is 3.90. The van der Waals surface area contributed by atoms with Crippen LogP contribution in [0.15, 0.2) is 42.5 Å². The second-order valence-corrected chi connectivity index (χ2v) is 6.15. The second kappa shape index (κ2) is 8.43. The summed E-state index contributed by atoms with van der Waals surface area (Å²) in [6.45, 7) is 3.76. The second-order valence-electron chi connectivity index (χ2n) is 6.15. The van der Waals surface area contributed by atoms with Gasteiger partial charge in [-0.3, -0.25) is 9.59 Å². The van der Waals surface area contributed by atoms with Crippen molar-refractivity contribution in [3.05, 3.63) is 48.0 Å². The molecule has 1 atom stereocenters. The molecule has 0 saturated carbocycles. The lowest BCUT2D eigenvalue weighted by Gasteiger charge is -2.19. The molecule has 146 valence electrons. The van der Waals surface area contributed by atoms with Crippen LogP contribution >= 0.6 is 0 Å². The Bertz CT molecular complexity index is 894. The first-order valence-corrected chi connectivity index (χ1v) is 8.71. The number of anilines is 2. The lowest BCUT2D eigenvalue weighted by Crippen LogP contribution is -2.30. The third-order valence-corrected chi connectivity index (χ3v) is 3.90. The van der Waals surface area contributed by atoms with Gasteiger partial charge in [0.1, 0.15) is 13.2 Å². The van der Waals surface area contributed by atoms with Gasteiger partial charge in [0.25, 0.3) is 5.91 Å².